The summed E-state index contributed by atoms with van der Waals surface area (Å²) >= 11 is 0. The topological polar surface area (TPSA) is 67.4 Å². The highest BCUT2D eigenvalue weighted by Gasteiger charge is 2.16. The zero-order valence-electron chi connectivity index (χ0n) is 17.2. The summed E-state index contributed by atoms with van der Waals surface area (Å²) in [6.45, 7) is 9.03. The molecule has 0 fully saturated rings. The number of hydrogen-bond acceptors (Lipinski definition) is 3. The Morgan fingerprint density at radius 3 is 2.18 bits per heavy atom. The van der Waals surface area contributed by atoms with E-state index in [-0.39, 0.29) is 11.3 Å². The average Bonchev–Trinajstić information content (AvgIpc) is 2.69. The molecular weight excluding hydrogens is 352 g/mol. The van der Waals surface area contributed by atoms with Gasteiger partial charge in [-0.2, -0.15) is 0 Å². The maximum absolute atomic E-state index is 12.5. The lowest BCUT2D eigenvalue weighted by Gasteiger charge is -2.19. The van der Waals surface area contributed by atoms with Gasteiger partial charge >= 0.3 is 0 Å². The molecule has 28 heavy (non-hydrogen) atoms. The van der Waals surface area contributed by atoms with Crippen LogP contribution in [0.15, 0.2) is 48.5 Å². The first-order chi connectivity index (χ1) is 13.3. The summed E-state index contributed by atoms with van der Waals surface area (Å²) in [6.07, 6.45) is 3.13. The van der Waals surface area contributed by atoms with E-state index in [4.69, 9.17) is 4.74 Å². The molecule has 2 amide bonds. The number of hydrazine groups is 1. The molecule has 0 aliphatic rings. The van der Waals surface area contributed by atoms with Crippen molar-refractivity contribution in [1.82, 2.24) is 10.9 Å². The van der Waals surface area contributed by atoms with E-state index in [0.29, 0.717) is 23.5 Å². The predicted molar refractivity (Wildman–Crippen MR) is 112 cm³/mol. The number of rotatable bonds is 7. The Morgan fingerprint density at radius 1 is 0.893 bits per heavy atom. The van der Waals surface area contributed by atoms with E-state index in [1.54, 1.807) is 30.3 Å². The number of nitrogens with one attached hydrogen (secondary N) is 2. The summed E-state index contributed by atoms with van der Waals surface area (Å²) in [5.41, 5.74) is 6.96. The minimum Gasteiger partial charge on any atom is -0.493 e. The predicted octanol–water partition coefficient (Wildman–Crippen LogP) is 4.63. The maximum atomic E-state index is 12.5. The van der Waals surface area contributed by atoms with Crippen molar-refractivity contribution in [2.75, 3.05) is 6.61 Å². The number of carbonyl (C=O) groups is 2. The van der Waals surface area contributed by atoms with Gasteiger partial charge in [-0.3, -0.25) is 20.4 Å². The molecule has 2 aromatic carbocycles. The van der Waals surface area contributed by atoms with Gasteiger partial charge in [-0.1, -0.05) is 64.8 Å². The Balaban J connectivity index is 1.95. The number of carbonyl (C=O) groups excluding carboxylic acids is 2. The Labute approximate surface area is 167 Å². The van der Waals surface area contributed by atoms with Crippen LogP contribution in [-0.4, -0.2) is 18.4 Å². The van der Waals surface area contributed by atoms with E-state index in [9.17, 15) is 9.59 Å². The molecule has 0 bridgehead atoms. The first kappa shape index (κ1) is 21.5. The van der Waals surface area contributed by atoms with E-state index >= 15 is 0 Å². The average molecular weight is 383 g/mol. The third kappa shape index (κ3) is 6.12. The summed E-state index contributed by atoms with van der Waals surface area (Å²) in [7, 11) is 0. The molecule has 0 atom stereocenters. The second-order valence-corrected chi connectivity index (χ2v) is 7.79. The van der Waals surface area contributed by atoms with Crippen LogP contribution in [0.3, 0.4) is 0 Å². The highest BCUT2D eigenvalue weighted by Crippen LogP contribution is 2.22. The van der Waals surface area contributed by atoms with Gasteiger partial charge in [0.2, 0.25) is 0 Å². The lowest BCUT2D eigenvalue weighted by atomic mass is 9.87. The van der Waals surface area contributed by atoms with Crippen molar-refractivity contribution >= 4 is 11.8 Å². The van der Waals surface area contributed by atoms with Gasteiger partial charge in [0.1, 0.15) is 5.75 Å². The van der Waals surface area contributed by atoms with Crippen LogP contribution >= 0.6 is 0 Å². The van der Waals surface area contributed by atoms with Crippen molar-refractivity contribution < 1.29 is 14.3 Å². The molecule has 0 saturated heterocycles. The molecule has 0 saturated carbocycles. The minimum atomic E-state index is -0.411. The van der Waals surface area contributed by atoms with Crippen LogP contribution in [-0.2, 0) is 5.41 Å². The van der Waals surface area contributed by atoms with Crippen molar-refractivity contribution in [2.45, 2.75) is 52.4 Å². The van der Waals surface area contributed by atoms with Gasteiger partial charge < -0.3 is 4.74 Å². The van der Waals surface area contributed by atoms with E-state index < -0.39 is 5.91 Å². The van der Waals surface area contributed by atoms with Crippen LogP contribution in [0, 0.1) is 0 Å². The normalized spacial score (nSPS) is 11.0. The zero-order valence-corrected chi connectivity index (χ0v) is 17.2. The van der Waals surface area contributed by atoms with E-state index in [1.165, 1.54) is 0 Å². The van der Waals surface area contributed by atoms with Crippen LogP contribution in [0.2, 0.25) is 0 Å². The minimum absolute atomic E-state index is 0.0179. The number of ether oxygens (including phenoxy) is 1. The number of benzene rings is 2. The van der Waals surface area contributed by atoms with Gasteiger partial charge in [-0.25, -0.2) is 0 Å². The van der Waals surface area contributed by atoms with Crippen molar-refractivity contribution in [3.63, 3.8) is 0 Å². The van der Waals surface area contributed by atoms with Crippen LogP contribution in [0.25, 0.3) is 0 Å². The molecule has 0 radical (unpaired) electrons. The van der Waals surface area contributed by atoms with Crippen molar-refractivity contribution in [1.29, 1.82) is 0 Å². The molecule has 5 nitrogen and oxygen atoms in total. The number of unbranched alkanes of at least 4 members (excludes halogenated alkanes) is 2. The zero-order chi connectivity index (χ0) is 20.6. The van der Waals surface area contributed by atoms with Gasteiger partial charge in [-0.05, 0) is 41.7 Å². The van der Waals surface area contributed by atoms with Gasteiger partial charge in [0.25, 0.3) is 11.8 Å². The summed E-state index contributed by atoms with van der Waals surface area (Å²) in [6, 6.07) is 14.4. The van der Waals surface area contributed by atoms with Crippen LogP contribution in [0.1, 0.15) is 73.2 Å². The molecule has 2 rings (SSSR count). The fourth-order valence-electron chi connectivity index (χ4n) is 2.69. The maximum Gasteiger partial charge on any atom is 0.273 e. The molecule has 2 aromatic rings. The standard InChI is InChI=1S/C23H30N2O3/c1-5-6-9-16-28-20-11-8-7-10-19(20)22(27)25-24-21(26)17-12-14-18(15-13-17)23(2,3)4/h7-8,10-15H,5-6,9,16H2,1-4H3,(H,24,26)(H,25,27). The number of hydrogen-bond donors (Lipinski definition) is 2. The third-order valence-corrected chi connectivity index (χ3v) is 4.44. The largest absolute Gasteiger partial charge is 0.493 e. The first-order valence-corrected chi connectivity index (χ1v) is 9.76. The van der Waals surface area contributed by atoms with Gasteiger partial charge in [0, 0.05) is 5.56 Å². The molecule has 0 aliphatic heterocycles. The summed E-state index contributed by atoms with van der Waals surface area (Å²) in [5.74, 6) is -0.263. The second kappa shape index (κ2) is 9.93. The van der Waals surface area contributed by atoms with Crippen molar-refractivity contribution in [3.8, 4) is 5.75 Å². The SMILES string of the molecule is CCCCCOc1ccccc1C(=O)NNC(=O)c1ccc(C(C)(C)C)cc1. The summed E-state index contributed by atoms with van der Waals surface area (Å²) < 4.78 is 5.72. The van der Waals surface area contributed by atoms with Gasteiger partial charge in [-0.15, -0.1) is 0 Å². The summed E-state index contributed by atoms with van der Waals surface area (Å²) in [4.78, 5) is 24.8. The monoisotopic (exact) mass is 382 g/mol. The molecule has 5 heteroatoms. The quantitative estimate of drug-likeness (QED) is 0.542. The molecule has 0 aliphatic carbocycles. The molecular formula is C23H30N2O3. The van der Waals surface area contributed by atoms with Crippen molar-refractivity contribution in [2.24, 2.45) is 0 Å². The second-order valence-electron chi connectivity index (χ2n) is 7.79. The fraction of sp³-hybridized carbons (Fsp3) is 0.391. The highest BCUT2D eigenvalue weighted by molar-refractivity contribution is 6.00. The Bertz CT molecular complexity index is 792. The third-order valence-electron chi connectivity index (χ3n) is 4.44. The van der Waals surface area contributed by atoms with Crippen LogP contribution < -0.4 is 15.6 Å². The number of amides is 2. The van der Waals surface area contributed by atoms with Crippen LogP contribution in [0.4, 0.5) is 0 Å². The molecule has 2 N–H and O–H groups in total. The Hall–Kier alpha value is -2.82. The molecule has 0 spiro atoms. The Morgan fingerprint density at radius 2 is 1.54 bits per heavy atom. The molecule has 0 aromatic heterocycles. The van der Waals surface area contributed by atoms with E-state index in [2.05, 4.69) is 38.5 Å². The van der Waals surface area contributed by atoms with Gasteiger partial charge in [0.05, 0.1) is 12.2 Å². The van der Waals surface area contributed by atoms with E-state index in [0.717, 1.165) is 24.8 Å². The lowest BCUT2D eigenvalue weighted by molar-refractivity contribution is 0.0844. The fourth-order valence-corrected chi connectivity index (χ4v) is 2.69. The molecule has 150 valence electrons. The Kier molecular flexibility index (Phi) is 7.61. The molecule has 0 heterocycles. The first-order valence-electron chi connectivity index (χ1n) is 9.76. The van der Waals surface area contributed by atoms with E-state index in [1.807, 2.05) is 18.2 Å². The van der Waals surface area contributed by atoms with Gasteiger partial charge in [0.15, 0.2) is 0 Å². The molecule has 0 unspecified atom stereocenters. The smallest absolute Gasteiger partial charge is 0.273 e. The van der Waals surface area contributed by atoms with Crippen LogP contribution in [0.5, 0.6) is 5.75 Å². The van der Waals surface area contributed by atoms with Crippen molar-refractivity contribution in [3.05, 3.63) is 65.2 Å². The highest BCUT2D eigenvalue weighted by atomic mass is 16.5. The lowest BCUT2D eigenvalue weighted by Crippen LogP contribution is -2.41. The number of para-hydroxylation sites is 1. The summed E-state index contributed by atoms with van der Waals surface area (Å²) in [5, 5.41) is 0.